The molecule has 1 aliphatic rings. The van der Waals surface area contributed by atoms with Crippen LogP contribution in [0.2, 0.25) is 0 Å². The van der Waals surface area contributed by atoms with E-state index in [1.807, 2.05) is 19.2 Å². The molecule has 0 spiro atoms. The van der Waals surface area contributed by atoms with Gasteiger partial charge in [-0.3, -0.25) is 4.98 Å². The number of aromatic nitrogens is 1. The van der Waals surface area contributed by atoms with Gasteiger partial charge in [-0.15, -0.1) is 0 Å². The Labute approximate surface area is 108 Å². The molecule has 1 aliphatic carbocycles. The minimum absolute atomic E-state index is 0.799. The summed E-state index contributed by atoms with van der Waals surface area (Å²) in [5, 5.41) is 0. The van der Waals surface area contributed by atoms with Crippen molar-refractivity contribution in [3.05, 3.63) is 47.2 Å². The molecular formula is C16H18N2. The lowest BCUT2D eigenvalue weighted by atomic mass is 9.89. The van der Waals surface area contributed by atoms with Crippen molar-refractivity contribution in [2.75, 3.05) is 5.73 Å². The van der Waals surface area contributed by atoms with E-state index in [-0.39, 0.29) is 0 Å². The summed E-state index contributed by atoms with van der Waals surface area (Å²) in [5.74, 6) is 0. The van der Waals surface area contributed by atoms with Crippen LogP contribution >= 0.6 is 0 Å². The first-order valence-electron chi connectivity index (χ1n) is 6.59. The van der Waals surface area contributed by atoms with Gasteiger partial charge in [-0.2, -0.15) is 0 Å². The lowest BCUT2D eigenvalue weighted by Gasteiger charge is -2.17. The largest absolute Gasteiger partial charge is 0.397 e. The first kappa shape index (κ1) is 11.3. The molecule has 0 radical (unpaired) electrons. The highest BCUT2D eigenvalue weighted by molar-refractivity contribution is 5.75. The van der Waals surface area contributed by atoms with Gasteiger partial charge < -0.3 is 5.73 Å². The van der Waals surface area contributed by atoms with E-state index in [1.165, 1.54) is 36.8 Å². The Kier molecular flexibility index (Phi) is 2.78. The van der Waals surface area contributed by atoms with Crippen molar-refractivity contribution < 1.29 is 0 Å². The maximum atomic E-state index is 6.13. The fourth-order valence-electron chi connectivity index (χ4n) is 2.68. The monoisotopic (exact) mass is 238 g/mol. The highest BCUT2D eigenvalue weighted by Gasteiger charge is 2.12. The zero-order valence-corrected chi connectivity index (χ0v) is 10.7. The highest BCUT2D eigenvalue weighted by Crippen LogP contribution is 2.30. The van der Waals surface area contributed by atoms with E-state index >= 15 is 0 Å². The van der Waals surface area contributed by atoms with Crippen molar-refractivity contribution in [1.29, 1.82) is 0 Å². The van der Waals surface area contributed by atoms with Crippen LogP contribution in [0.4, 0.5) is 5.69 Å². The molecule has 2 heteroatoms. The third-order valence-electron chi connectivity index (χ3n) is 3.83. The standard InChI is InChI=1S/C16H18N2/c1-11-8-9-18-16(15(11)17)14-7-6-12-4-2-3-5-13(12)10-14/h6-10H,2-5,17H2,1H3. The van der Waals surface area contributed by atoms with Crippen LogP contribution in [0.1, 0.15) is 29.5 Å². The SMILES string of the molecule is Cc1ccnc(-c2ccc3c(c2)CCCC3)c1N. The molecule has 0 unspecified atom stereocenters. The molecule has 3 rings (SSSR count). The smallest absolute Gasteiger partial charge is 0.0933 e. The van der Waals surface area contributed by atoms with Gasteiger partial charge in [0.15, 0.2) is 0 Å². The summed E-state index contributed by atoms with van der Waals surface area (Å²) in [4.78, 5) is 4.43. The molecule has 0 aliphatic heterocycles. The van der Waals surface area contributed by atoms with Crippen LogP contribution in [-0.4, -0.2) is 4.98 Å². The zero-order chi connectivity index (χ0) is 12.5. The van der Waals surface area contributed by atoms with Crippen LogP contribution in [-0.2, 0) is 12.8 Å². The predicted octanol–water partition coefficient (Wildman–Crippen LogP) is 3.52. The summed E-state index contributed by atoms with van der Waals surface area (Å²) < 4.78 is 0. The second kappa shape index (κ2) is 4.45. The summed E-state index contributed by atoms with van der Waals surface area (Å²) in [6.07, 6.45) is 6.85. The second-order valence-electron chi connectivity index (χ2n) is 5.08. The Bertz CT molecular complexity index is 588. The van der Waals surface area contributed by atoms with Crippen molar-refractivity contribution in [3.63, 3.8) is 0 Å². The molecule has 1 aromatic heterocycles. The van der Waals surface area contributed by atoms with E-state index in [4.69, 9.17) is 5.73 Å². The third-order valence-corrected chi connectivity index (χ3v) is 3.83. The number of nitrogen functional groups attached to an aromatic ring is 1. The molecule has 2 N–H and O–H groups in total. The molecule has 2 nitrogen and oxygen atoms in total. The normalized spacial score (nSPS) is 14.3. The number of hydrogen-bond donors (Lipinski definition) is 1. The maximum absolute atomic E-state index is 6.13. The first-order chi connectivity index (χ1) is 8.75. The van der Waals surface area contributed by atoms with Gasteiger partial charge in [-0.25, -0.2) is 0 Å². The first-order valence-corrected chi connectivity index (χ1v) is 6.59. The fraction of sp³-hybridized carbons (Fsp3) is 0.312. The number of hydrogen-bond acceptors (Lipinski definition) is 2. The minimum Gasteiger partial charge on any atom is -0.397 e. The summed E-state index contributed by atoms with van der Waals surface area (Å²) in [7, 11) is 0. The van der Waals surface area contributed by atoms with Crippen molar-refractivity contribution in [3.8, 4) is 11.3 Å². The van der Waals surface area contributed by atoms with Gasteiger partial charge >= 0.3 is 0 Å². The zero-order valence-electron chi connectivity index (χ0n) is 10.7. The van der Waals surface area contributed by atoms with Gasteiger partial charge in [0.25, 0.3) is 0 Å². The van der Waals surface area contributed by atoms with E-state index in [9.17, 15) is 0 Å². The van der Waals surface area contributed by atoms with Gasteiger partial charge in [0.1, 0.15) is 0 Å². The van der Waals surface area contributed by atoms with Gasteiger partial charge in [0.05, 0.1) is 11.4 Å². The number of rotatable bonds is 1. The fourth-order valence-corrected chi connectivity index (χ4v) is 2.68. The summed E-state index contributed by atoms with van der Waals surface area (Å²) >= 11 is 0. The van der Waals surface area contributed by atoms with Crippen LogP contribution in [0.15, 0.2) is 30.5 Å². The lowest BCUT2D eigenvalue weighted by Crippen LogP contribution is -2.03. The predicted molar refractivity (Wildman–Crippen MR) is 75.5 cm³/mol. The van der Waals surface area contributed by atoms with Crippen LogP contribution in [0.25, 0.3) is 11.3 Å². The molecule has 2 aromatic rings. The van der Waals surface area contributed by atoms with Crippen LogP contribution in [0, 0.1) is 6.92 Å². The number of aryl methyl sites for hydroxylation is 3. The van der Waals surface area contributed by atoms with Crippen LogP contribution < -0.4 is 5.73 Å². The van der Waals surface area contributed by atoms with E-state index in [0.29, 0.717) is 0 Å². The van der Waals surface area contributed by atoms with Crippen molar-refractivity contribution in [1.82, 2.24) is 4.98 Å². The van der Waals surface area contributed by atoms with Crippen LogP contribution in [0.3, 0.4) is 0 Å². The quantitative estimate of drug-likeness (QED) is 0.825. The maximum Gasteiger partial charge on any atom is 0.0933 e. The van der Waals surface area contributed by atoms with Crippen LogP contribution in [0.5, 0.6) is 0 Å². The average molecular weight is 238 g/mol. The number of anilines is 1. The molecule has 0 amide bonds. The highest BCUT2D eigenvalue weighted by atomic mass is 14.7. The van der Waals surface area contributed by atoms with Gasteiger partial charge in [-0.05, 0) is 61.4 Å². The molecule has 18 heavy (non-hydrogen) atoms. The molecule has 0 bridgehead atoms. The molecule has 0 saturated carbocycles. The summed E-state index contributed by atoms with van der Waals surface area (Å²) in [6.45, 7) is 2.03. The number of fused-ring (bicyclic) bond motifs is 1. The average Bonchev–Trinajstić information content (AvgIpc) is 2.41. The number of benzene rings is 1. The van der Waals surface area contributed by atoms with Crippen molar-refractivity contribution >= 4 is 5.69 Å². The van der Waals surface area contributed by atoms with E-state index < -0.39 is 0 Å². The van der Waals surface area contributed by atoms with Crippen molar-refractivity contribution in [2.24, 2.45) is 0 Å². The van der Waals surface area contributed by atoms with E-state index in [0.717, 1.165) is 22.5 Å². The Balaban J connectivity index is 2.09. The van der Waals surface area contributed by atoms with Gasteiger partial charge in [-0.1, -0.05) is 12.1 Å². The molecule has 92 valence electrons. The Hall–Kier alpha value is -1.83. The number of nitrogens with zero attached hydrogens (tertiary/aromatic N) is 1. The molecule has 1 heterocycles. The lowest BCUT2D eigenvalue weighted by molar-refractivity contribution is 0.686. The minimum atomic E-state index is 0.799. The second-order valence-corrected chi connectivity index (χ2v) is 5.08. The summed E-state index contributed by atoms with van der Waals surface area (Å²) in [6, 6.07) is 8.62. The third kappa shape index (κ3) is 1.88. The van der Waals surface area contributed by atoms with Gasteiger partial charge in [0.2, 0.25) is 0 Å². The number of nitrogens with two attached hydrogens (primary N) is 1. The van der Waals surface area contributed by atoms with E-state index in [2.05, 4.69) is 23.2 Å². The molecular weight excluding hydrogens is 220 g/mol. The van der Waals surface area contributed by atoms with Crippen molar-refractivity contribution in [2.45, 2.75) is 32.6 Å². The topological polar surface area (TPSA) is 38.9 Å². The Morgan fingerprint density at radius 3 is 2.67 bits per heavy atom. The summed E-state index contributed by atoms with van der Waals surface area (Å²) in [5.41, 5.74) is 13.1. The molecule has 1 aromatic carbocycles. The Morgan fingerprint density at radius 2 is 1.83 bits per heavy atom. The Morgan fingerprint density at radius 1 is 1.06 bits per heavy atom. The van der Waals surface area contributed by atoms with Gasteiger partial charge in [0, 0.05) is 11.8 Å². The molecule has 0 atom stereocenters. The number of pyridine rings is 1. The van der Waals surface area contributed by atoms with E-state index in [1.54, 1.807) is 0 Å². The molecule has 0 fully saturated rings. The molecule has 0 saturated heterocycles.